The first-order chi connectivity index (χ1) is 7.22. The molecule has 0 bridgehead atoms. The number of carbonyl (C=O) groups is 1. The van der Waals surface area contributed by atoms with E-state index in [-0.39, 0.29) is 5.92 Å². The second kappa shape index (κ2) is 4.05. The Morgan fingerprint density at radius 2 is 1.87 bits per heavy atom. The van der Waals surface area contributed by atoms with Crippen LogP contribution in [0.5, 0.6) is 0 Å². The Labute approximate surface area is 90.9 Å². The standard InChI is InChI=1S/C13H17NO/c1-14(2)12-6-3-10(4-7-12)13-8-5-11(13)9-15/h3-4,6-7,9,11,13H,5,8H2,1-2H3. The molecule has 2 atom stereocenters. The molecule has 1 aliphatic rings. The predicted molar refractivity (Wildman–Crippen MR) is 62.3 cm³/mol. The van der Waals surface area contributed by atoms with E-state index >= 15 is 0 Å². The lowest BCUT2D eigenvalue weighted by Crippen LogP contribution is -2.24. The van der Waals surface area contributed by atoms with Crippen molar-refractivity contribution < 1.29 is 4.79 Å². The quantitative estimate of drug-likeness (QED) is 0.703. The fraction of sp³-hybridized carbons (Fsp3) is 0.462. The summed E-state index contributed by atoms with van der Waals surface area (Å²) in [5.74, 6) is 0.730. The smallest absolute Gasteiger partial charge is 0.123 e. The van der Waals surface area contributed by atoms with E-state index in [0.29, 0.717) is 5.92 Å². The van der Waals surface area contributed by atoms with E-state index in [2.05, 4.69) is 29.2 Å². The minimum absolute atomic E-state index is 0.259. The van der Waals surface area contributed by atoms with Gasteiger partial charge >= 0.3 is 0 Å². The fourth-order valence-corrected chi connectivity index (χ4v) is 2.12. The van der Waals surface area contributed by atoms with Gasteiger partial charge in [0.15, 0.2) is 0 Å². The highest BCUT2D eigenvalue weighted by Gasteiger charge is 2.31. The molecule has 0 aliphatic heterocycles. The van der Waals surface area contributed by atoms with E-state index in [0.717, 1.165) is 19.1 Å². The number of aldehydes is 1. The molecule has 2 nitrogen and oxygen atoms in total. The molecule has 0 N–H and O–H groups in total. The molecule has 1 saturated carbocycles. The van der Waals surface area contributed by atoms with E-state index in [1.54, 1.807) is 0 Å². The molecule has 1 aromatic rings. The van der Waals surface area contributed by atoms with Crippen molar-refractivity contribution in [1.82, 2.24) is 0 Å². The predicted octanol–water partition coefficient (Wildman–Crippen LogP) is 2.45. The summed E-state index contributed by atoms with van der Waals surface area (Å²) in [6, 6.07) is 8.54. The maximum absolute atomic E-state index is 10.7. The molecule has 80 valence electrons. The molecule has 15 heavy (non-hydrogen) atoms. The van der Waals surface area contributed by atoms with E-state index < -0.39 is 0 Å². The monoisotopic (exact) mass is 203 g/mol. The SMILES string of the molecule is CN(C)c1ccc(C2CCC2C=O)cc1. The van der Waals surface area contributed by atoms with Crippen molar-refractivity contribution in [1.29, 1.82) is 0 Å². The number of benzene rings is 1. The zero-order valence-electron chi connectivity index (χ0n) is 9.31. The third-order valence-corrected chi connectivity index (χ3v) is 3.34. The van der Waals surface area contributed by atoms with Crippen LogP contribution in [-0.2, 0) is 4.79 Å². The number of hydrogen-bond donors (Lipinski definition) is 0. The molecule has 2 unspecified atom stereocenters. The van der Waals surface area contributed by atoms with Crippen molar-refractivity contribution in [2.45, 2.75) is 18.8 Å². The minimum atomic E-state index is 0.259. The van der Waals surface area contributed by atoms with Crippen molar-refractivity contribution in [3.05, 3.63) is 29.8 Å². The Kier molecular flexibility index (Phi) is 2.76. The Morgan fingerprint density at radius 3 is 2.27 bits per heavy atom. The number of anilines is 1. The summed E-state index contributed by atoms with van der Waals surface area (Å²) >= 11 is 0. The lowest BCUT2D eigenvalue weighted by atomic mass is 9.71. The van der Waals surface area contributed by atoms with Gasteiger partial charge in [0.2, 0.25) is 0 Å². The average molecular weight is 203 g/mol. The van der Waals surface area contributed by atoms with Crippen molar-refractivity contribution in [2.24, 2.45) is 5.92 Å². The molecule has 1 aliphatic carbocycles. The zero-order valence-corrected chi connectivity index (χ0v) is 9.31. The summed E-state index contributed by atoms with van der Waals surface area (Å²) < 4.78 is 0. The van der Waals surface area contributed by atoms with Gasteiger partial charge in [0.1, 0.15) is 6.29 Å². The Hall–Kier alpha value is -1.31. The second-order valence-corrected chi connectivity index (χ2v) is 4.47. The van der Waals surface area contributed by atoms with Crippen molar-refractivity contribution in [2.75, 3.05) is 19.0 Å². The summed E-state index contributed by atoms with van der Waals surface area (Å²) in [6.07, 6.45) is 3.32. The van der Waals surface area contributed by atoms with Gasteiger partial charge in [-0.05, 0) is 36.5 Å². The highest BCUT2D eigenvalue weighted by Crippen LogP contribution is 2.41. The molecule has 1 fully saturated rings. The highest BCUT2D eigenvalue weighted by atomic mass is 16.1. The van der Waals surface area contributed by atoms with Crippen LogP contribution in [0.4, 0.5) is 5.69 Å². The summed E-state index contributed by atoms with van der Waals surface area (Å²) in [7, 11) is 4.07. The Morgan fingerprint density at radius 1 is 1.20 bits per heavy atom. The van der Waals surface area contributed by atoms with Gasteiger partial charge in [-0.25, -0.2) is 0 Å². The third kappa shape index (κ3) is 1.89. The van der Waals surface area contributed by atoms with Gasteiger partial charge in [-0.1, -0.05) is 12.1 Å². The minimum Gasteiger partial charge on any atom is -0.378 e. The van der Waals surface area contributed by atoms with Gasteiger partial charge in [-0.2, -0.15) is 0 Å². The van der Waals surface area contributed by atoms with Crippen LogP contribution in [0.15, 0.2) is 24.3 Å². The molecule has 2 rings (SSSR count). The van der Waals surface area contributed by atoms with Crippen LogP contribution in [-0.4, -0.2) is 20.4 Å². The van der Waals surface area contributed by atoms with Gasteiger partial charge < -0.3 is 9.69 Å². The molecule has 0 amide bonds. The molecule has 0 saturated heterocycles. The molecule has 2 heteroatoms. The third-order valence-electron chi connectivity index (χ3n) is 3.34. The van der Waals surface area contributed by atoms with Crippen LogP contribution in [0, 0.1) is 5.92 Å². The van der Waals surface area contributed by atoms with Crippen LogP contribution in [0.1, 0.15) is 24.3 Å². The molecule has 0 aromatic heterocycles. The van der Waals surface area contributed by atoms with Crippen LogP contribution < -0.4 is 4.90 Å². The molecule has 0 heterocycles. The fourth-order valence-electron chi connectivity index (χ4n) is 2.12. The van der Waals surface area contributed by atoms with Gasteiger partial charge in [-0.15, -0.1) is 0 Å². The Balaban J connectivity index is 2.13. The first kappa shape index (κ1) is 10.2. The van der Waals surface area contributed by atoms with Gasteiger partial charge in [0.25, 0.3) is 0 Å². The van der Waals surface area contributed by atoms with Crippen LogP contribution in [0.25, 0.3) is 0 Å². The molecule has 0 radical (unpaired) electrons. The van der Waals surface area contributed by atoms with E-state index in [9.17, 15) is 4.79 Å². The van der Waals surface area contributed by atoms with Crippen molar-refractivity contribution in [3.8, 4) is 0 Å². The van der Waals surface area contributed by atoms with Gasteiger partial charge in [0, 0.05) is 25.7 Å². The molecule has 1 aromatic carbocycles. The number of rotatable bonds is 3. The van der Waals surface area contributed by atoms with Crippen molar-refractivity contribution in [3.63, 3.8) is 0 Å². The maximum Gasteiger partial charge on any atom is 0.123 e. The lowest BCUT2D eigenvalue weighted by molar-refractivity contribution is -0.113. The number of nitrogens with zero attached hydrogens (tertiary/aromatic N) is 1. The van der Waals surface area contributed by atoms with Crippen LogP contribution in [0.3, 0.4) is 0 Å². The second-order valence-electron chi connectivity index (χ2n) is 4.47. The summed E-state index contributed by atoms with van der Waals surface area (Å²) in [5, 5.41) is 0. The molecular weight excluding hydrogens is 186 g/mol. The largest absolute Gasteiger partial charge is 0.378 e. The maximum atomic E-state index is 10.7. The van der Waals surface area contributed by atoms with Gasteiger partial charge in [-0.3, -0.25) is 0 Å². The summed E-state index contributed by atoms with van der Waals surface area (Å²) in [6.45, 7) is 0. The van der Waals surface area contributed by atoms with E-state index in [1.807, 2.05) is 14.1 Å². The lowest BCUT2D eigenvalue weighted by Gasteiger charge is -2.33. The Bertz CT molecular complexity index is 342. The van der Waals surface area contributed by atoms with E-state index in [1.165, 1.54) is 11.3 Å². The summed E-state index contributed by atoms with van der Waals surface area (Å²) in [5.41, 5.74) is 2.52. The first-order valence-corrected chi connectivity index (χ1v) is 5.45. The topological polar surface area (TPSA) is 20.3 Å². The number of carbonyl (C=O) groups excluding carboxylic acids is 1. The van der Waals surface area contributed by atoms with E-state index in [4.69, 9.17) is 0 Å². The first-order valence-electron chi connectivity index (χ1n) is 5.45. The van der Waals surface area contributed by atoms with Crippen LogP contribution >= 0.6 is 0 Å². The molecular formula is C13H17NO. The average Bonchev–Trinajstić information content (AvgIpc) is 2.17. The number of hydrogen-bond acceptors (Lipinski definition) is 2. The zero-order chi connectivity index (χ0) is 10.8. The summed E-state index contributed by atoms with van der Waals surface area (Å²) in [4.78, 5) is 12.8. The highest BCUT2D eigenvalue weighted by molar-refractivity contribution is 5.58. The van der Waals surface area contributed by atoms with Crippen LogP contribution in [0.2, 0.25) is 0 Å². The molecule has 0 spiro atoms. The van der Waals surface area contributed by atoms with Crippen molar-refractivity contribution >= 4 is 12.0 Å². The normalized spacial score (nSPS) is 24.4. The van der Waals surface area contributed by atoms with Gasteiger partial charge in [0.05, 0.1) is 0 Å².